The van der Waals surface area contributed by atoms with E-state index in [0.29, 0.717) is 12.2 Å². The Labute approximate surface area is 107 Å². The van der Waals surface area contributed by atoms with E-state index in [2.05, 4.69) is 4.90 Å². The highest BCUT2D eigenvalue weighted by Gasteiger charge is 2.46. The van der Waals surface area contributed by atoms with E-state index in [-0.39, 0.29) is 0 Å². The molecular formula is C14H18N2O2. The fourth-order valence-corrected chi connectivity index (χ4v) is 2.76. The number of ether oxygens (including phenoxy) is 1. The van der Waals surface area contributed by atoms with Crippen LogP contribution in [0.5, 0.6) is 5.75 Å². The lowest BCUT2D eigenvalue weighted by Crippen LogP contribution is -2.28. The normalized spacial score (nSPS) is 25.8. The standard InChI is InChI=1S/C14H18N2O2/c15-14(17)10-1-3-12(4-2-10)18-8-7-16-6-5-11-9-13(11)16/h1-4,11,13H,5-9H2,(H2,15,17). The number of amides is 1. The number of piperidine rings is 1. The van der Waals surface area contributed by atoms with Crippen LogP contribution in [0.3, 0.4) is 0 Å². The van der Waals surface area contributed by atoms with Crippen molar-refractivity contribution in [3.05, 3.63) is 29.8 Å². The third-order valence-corrected chi connectivity index (χ3v) is 3.93. The summed E-state index contributed by atoms with van der Waals surface area (Å²) in [4.78, 5) is 13.4. The van der Waals surface area contributed by atoms with Crippen LogP contribution in [0, 0.1) is 5.92 Å². The van der Waals surface area contributed by atoms with Crippen LogP contribution in [0.25, 0.3) is 0 Å². The van der Waals surface area contributed by atoms with Gasteiger partial charge in [0.25, 0.3) is 0 Å². The molecule has 1 heterocycles. The molecule has 1 aliphatic carbocycles. The molecule has 1 amide bonds. The van der Waals surface area contributed by atoms with Crippen molar-refractivity contribution < 1.29 is 9.53 Å². The molecular weight excluding hydrogens is 228 g/mol. The van der Waals surface area contributed by atoms with E-state index in [1.807, 2.05) is 0 Å². The van der Waals surface area contributed by atoms with E-state index in [1.165, 1.54) is 19.4 Å². The molecule has 2 atom stereocenters. The zero-order chi connectivity index (χ0) is 12.5. The van der Waals surface area contributed by atoms with Crippen molar-refractivity contribution in [3.63, 3.8) is 0 Å². The number of nitrogens with two attached hydrogens (primary N) is 1. The zero-order valence-electron chi connectivity index (χ0n) is 10.3. The summed E-state index contributed by atoms with van der Waals surface area (Å²) in [5, 5.41) is 0. The first-order chi connectivity index (χ1) is 8.74. The summed E-state index contributed by atoms with van der Waals surface area (Å²) in [7, 11) is 0. The second-order valence-electron chi connectivity index (χ2n) is 5.12. The molecule has 4 nitrogen and oxygen atoms in total. The van der Waals surface area contributed by atoms with E-state index in [4.69, 9.17) is 10.5 Å². The Hall–Kier alpha value is -1.55. The number of nitrogens with zero attached hydrogens (tertiary/aromatic N) is 1. The van der Waals surface area contributed by atoms with E-state index < -0.39 is 5.91 Å². The molecule has 0 aromatic heterocycles. The number of primary amides is 1. The molecule has 96 valence electrons. The summed E-state index contributed by atoms with van der Waals surface area (Å²) in [6, 6.07) is 7.83. The molecule has 1 saturated carbocycles. The van der Waals surface area contributed by atoms with Gasteiger partial charge in [-0.05, 0) is 49.6 Å². The highest BCUT2D eigenvalue weighted by atomic mass is 16.5. The Morgan fingerprint density at radius 2 is 2.17 bits per heavy atom. The first kappa shape index (κ1) is 11.5. The van der Waals surface area contributed by atoms with Gasteiger partial charge in [-0.15, -0.1) is 0 Å². The van der Waals surface area contributed by atoms with Crippen LogP contribution in [-0.4, -0.2) is 36.5 Å². The van der Waals surface area contributed by atoms with E-state index in [0.717, 1.165) is 24.3 Å². The Kier molecular flexibility index (Phi) is 2.96. The maximum absolute atomic E-state index is 10.9. The van der Waals surface area contributed by atoms with Gasteiger partial charge in [-0.1, -0.05) is 0 Å². The van der Waals surface area contributed by atoms with Gasteiger partial charge in [0, 0.05) is 18.2 Å². The van der Waals surface area contributed by atoms with Crippen LogP contribution in [0.4, 0.5) is 0 Å². The van der Waals surface area contributed by atoms with Crippen LogP contribution in [-0.2, 0) is 0 Å². The molecule has 2 fully saturated rings. The summed E-state index contributed by atoms with van der Waals surface area (Å²) >= 11 is 0. The average Bonchev–Trinajstić information content (AvgIpc) is 3.05. The van der Waals surface area contributed by atoms with Crippen molar-refractivity contribution in [1.29, 1.82) is 0 Å². The lowest BCUT2D eigenvalue weighted by molar-refractivity contribution is 0.100. The second-order valence-corrected chi connectivity index (χ2v) is 5.12. The molecule has 2 unspecified atom stereocenters. The molecule has 1 aromatic carbocycles. The fraction of sp³-hybridized carbons (Fsp3) is 0.500. The third kappa shape index (κ3) is 2.34. The van der Waals surface area contributed by atoms with E-state index >= 15 is 0 Å². The maximum Gasteiger partial charge on any atom is 0.248 e. The topological polar surface area (TPSA) is 55.6 Å². The minimum absolute atomic E-state index is 0.404. The van der Waals surface area contributed by atoms with Gasteiger partial charge in [0.15, 0.2) is 0 Å². The number of hydrogen-bond acceptors (Lipinski definition) is 3. The third-order valence-electron chi connectivity index (χ3n) is 3.93. The smallest absolute Gasteiger partial charge is 0.248 e. The van der Waals surface area contributed by atoms with Gasteiger partial charge in [0.2, 0.25) is 5.91 Å². The number of fused-ring (bicyclic) bond motifs is 1. The Balaban J connectivity index is 1.46. The highest BCUT2D eigenvalue weighted by Crippen LogP contribution is 2.43. The van der Waals surface area contributed by atoms with Crippen LogP contribution < -0.4 is 10.5 Å². The molecule has 0 bridgehead atoms. The quantitative estimate of drug-likeness (QED) is 0.851. The number of hydrogen-bond donors (Lipinski definition) is 1. The molecule has 1 aliphatic heterocycles. The SMILES string of the molecule is NC(=O)c1ccc(OCCN2CCC3CC32)cc1. The first-order valence-corrected chi connectivity index (χ1v) is 6.51. The van der Waals surface area contributed by atoms with Gasteiger partial charge in [-0.2, -0.15) is 0 Å². The lowest BCUT2D eigenvalue weighted by Gasteiger charge is -2.17. The summed E-state index contributed by atoms with van der Waals surface area (Å²) in [5.41, 5.74) is 5.70. The first-order valence-electron chi connectivity index (χ1n) is 6.51. The van der Waals surface area contributed by atoms with E-state index in [1.54, 1.807) is 24.3 Å². The summed E-state index contributed by atoms with van der Waals surface area (Å²) < 4.78 is 5.68. The van der Waals surface area contributed by atoms with Gasteiger partial charge in [0.05, 0.1) is 0 Å². The summed E-state index contributed by atoms with van der Waals surface area (Å²) in [5.74, 6) is 1.37. The van der Waals surface area contributed by atoms with Crippen LogP contribution in [0.2, 0.25) is 0 Å². The molecule has 2 aliphatic rings. The van der Waals surface area contributed by atoms with Gasteiger partial charge in [-0.3, -0.25) is 9.69 Å². The van der Waals surface area contributed by atoms with E-state index in [9.17, 15) is 4.79 Å². The van der Waals surface area contributed by atoms with Gasteiger partial charge >= 0.3 is 0 Å². The molecule has 3 rings (SSSR count). The largest absolute Gasteiger partial charge is 0.492 e. The molecule has 4 heteroatoms. The van der Waals surface area contributed by atoms with Crippen molar-refractivity contribution in [2.45, 2.75) is 18.9 Å². The van der Waals surface area contributed by atoms with Crippen LogP contribution in [0.1, 0.15) is 23.2 Å². The number of carbonyl (C=O) groups excluding carboxylic acids is 1. The van der Waals surface area contributed by atoms with Crippen molar-refractivity contribution >= 4 is 5.91 Å². The van der Waals surface area contributed by atoms with Crippen molar-refractivity contribution in [1.82, 2.24) is 4.90 Å². The second kappa shape index (κ2) is 4.61. The Morgan fingerprint density at radius 1 is 1.39 bits per heavy atom. The number of rotatable bonds is 5. The summed E-state index contributed by atoms with van der Waals surface area (Å²) in [6.07, 6.45) is 2.74. The number of likely N-dealkylation sites (tertiary alicyclic amines) is 1. The predicted octanol–water partition coefficient (Wildman–Crippen LogP) is 1.26. The minimum Gasteiger partial charge on any atom is -0.492 e. The number of carbonyl (C=O) groups is 1. The molecule has 0 radical (unpaired) electrons. The fourth-order valence-electron chi connectivity index (χ4n) is 2.76. The molecule has 2 N–H and O–H groups in total. The summed E-state index contributed by atoms with van der Waals surface area (Å²) in [6.45, 7) is 2.93. The van der Waals surface area contributed by atoms with Gasteiger partial charge < -0.3 is 10.5 Å². The monoisotopic (exact) mass is 246 g/mol. The molecule has 1 aromatic rings. The lowest BCUT2D eigenvalue weighted by atomic mass is 10.2. The maximum atomic E-state index is 10.9. The molecule has 18 heavy (non-hydrogen) atoms. The van der Waals surface area contributed by atoms with Crippen molar-refractivity contribution in [2.75, 3.05) is 19.7 Å². The Bertz CT molecular complexity index is 444. The van der Waals surface area contributed by atoms with Crippen LogP contribution >= 0.6 is 0 Å². The predicted molar refractivity (Wildman–Crippen MR) is 68.5 cm³/mol. The van der Waals surface area contributed by atoms with Crippen LogP contribution in [0.15, 0.2) is 24.3 Å². The van der Waals surface area contributed by atoms with Gasteiger partial charge in [-0.25, -0.2) is 0 Å². The zero-order valence-corrected chi connectivity index (χ0v) is 10.3. The Morgan fingerprint density at radius 3 is 2.72 bits per heavy atom. The molecule has 0 spiro atoms. The van der Waals surface area contributed by atoms with Crippen molar-refractivity contribution in [2.24, 2.45) is 11.7 Å². The highest BCUT2D eigenvalue weighted by molar-refractivity contribution is 5.92. The minimum atomic E-state index is -0.404. The average molecular weight is 246 g/mol. The number of benzene rings is 1. The molecule has 1 saturated heterocycles. The van der Waals surface area contributed by atoms with Gasteiger partial charge in [0.1, 0.15) is 12.4 Å². The van der Waals surface area contributed by atoms with Crippen molar-refractivity contribution in [3.8, 4) is 5.75 Å².